The Balaban J connectivity index is 0.000000152. The van der Waals surface area contributed by atoms with Crippen molar-refractivity contribution < 1.29 is 18.3 Å². The van der Waals surface area contributed by atoms with Crippen LogP contribution in [0.15, 0.2) is 54.6 Å². The number of nitrogens with zero attached hydrogens (tertiary/aromatic N) is 2. The molecule has 1 unspecified atom stereocenters. The molecule has 3 N–H and O–H groups in total. The molecule has 0 amide bonds. The Morgan fingerprint density at radius 2 is 1.75 bits per heavy atom. The monoisotopic (exact) mass is 498 g/mol. The first-order valence-electron chi connectivity index (χ1n) is 12.5. The number of aromatic nitrogens is 2. The van der Waals surface area contributed by atoms with Gasteiger partial charge in [-0.1, -0.05) is 36.4 Å². The van der Waals surface area contributed by atoms with Crippen molar-refractivity contribution in [3.05, 3.63) is 71.5 Å². The SMILES string of the molecule is CC1Cc2c([nH]c3ccccc23)CN1CC(F)(F)CO.FCC1CN(Cc2cc3ccccc3[nH]2)C1. The summed E-state index contributed by atoms with van der Waals surface area (Å²) < 4.78 is 39.1. The van der Waals surface area contributed by atoms with Crippen LogP contribution in [0.3, 0.4) is 0 Å². The molecule has 5 nitrogen and oxygen atoms in total. The molecule has 2 aliphatic heterocycles. The fraction of sp³-hybridized carbons (Fsp3) is 0.429. The van der Waals surface area contributed by atoms with Gasteiger partial charge in [0.2, 0.25) is 0 Å². The molecule has 0 radical (unpaired) electrons. The largest absolute Gasteiger partial charge is 0.390 e. The van der Waals surface area contributed by atoms with E-state index in [-0.39, 0.29) is 18.6 Å². The van der Waals surface area contributed by atoms with Crippen LogP contribution in [-0.2, 0) is 19.5 Å². The summed E-state index contributed by atoms with van der Waals surface area (Å²) >= 11 is 0. The van der Waals surface area contributed by atoms with Crippen molar-refractivity contribution in [1.29, 1.82) is 0 Å². The third-order valence-electron chi connectivity index (χ3n) is 7.28. The number of fused-ring (bicyclic) bond motifs is 4. The third kappa shape index (κ3) is 5.31. The average Bonchev–Trinajstić information content (AvgIpc) is 3.42. The fourth-order valence-electron chi connectivity index (χ4n) is 5.33. The molecule has 0 spiro atoms. The van der Waals surface area contributed by atoms with Gasteiger partial charge >= 0.3 is 0 Å². The van der Waals surface area contributed by atoms with Gasteiger partial charge in [0.25, 0.3) is 5.92 Å². The molecule has 2 aromatic heterocycles. The summed E-state index contributed by atoms with van der Waals surface area (Å²) in [5, 5.41) is 11.2. The van der Waals surface area contributed by atoms with E-state index in [2.05, 4.69) is 39.1 Å². The van der Waals surface area contributed by atoms with Gasteiger partial charge in [-0.2, -0.15) is 0 Å². The van der Waals surface area contributed by atoms with Crippen molar-refractivity contribution in [1.82, 2.24) is 19.8 Å². The first kappa shape index (κ1) is 24.9. The van der Waals surface area contributed by atoms with Crippen LogP contribution in [-0.4, -0.2) is 69.8 Å². The maximum absolute atomic E-state index is 13.4. The lowest BCUT2D eigenvalue weighted by molar-refractivity contribution is -0.0819. The fourth-order valence-corrected chi connectivity index (χ4v) is 5.33. The molecular weight excluding hydrogens is 465 g/mol. The van der Waals surface area contributed by atoms with Gasteiger partial charge in [0.15, 0.2) is 0 Å². The highest BCUT2D eigenvalue weighted by atomic mass is 19.3. The molecule has 8 heteroatoms. The van der Waals surface area contributed by atoms with Crippen LogP contribution in [0.25, 0.3) is 21.8 Å². The van der Waals surface area contributed by atoms with Gasteiger partial charge in [0, 0.05) is 65.9 Å². The summed E-state index contributed by atoms with van der Waals surface area (Å²) in [6, 6.07) is 18.5. The third-order valence-corrected chi connectivity index (χ3v) is 7.28. The Kier molecular flexibility index (Phi) is 7.10. The van der Waals surface area contributed by atoms with Crippen molar-refractivity contribution in [2.45, 2.75) is 38.4 Å². The van der Waals surface area contributed by atoms with E-state index in [4.69, 9.17) is 5.11 Å². The second-order valence-corrected chi connectivity index (χ2v) is 10.2. The predicted octanol–water partition coefficient (Wildman–Crippen LogP) is 5.11. The van der Waals surface area contributed by atoms with Crippen LogP contribution in [0.4, 0.5) is 13.2 Å². The molecular formula is C28H33F3N4O. The van der Waals surface area contributed by atoms with Crippen molar-refractivity contribution in [3.8, 4) is 0 Å². The standard InChI is InChI=1S/C15H18F2N2O.C13H15FN2/c1-10-6-12-11-4-2-3-5-13(11)18-14(12)7-19(10)8-15(16,17)9-20;14-6-10-7-16(8-10)9-12-5-11-3-1-2-4-13(11)15-12/h2-5,10,18,20H,6-9H2,1H3;1-5,10,15H,6-9H2. The maximum Gasteiger partial charge on any atom is 0.283 e. The van der Waals surface area contributed by atoms with Gasteiger partial charge in [0.1, 0.15) is 6.61 Å². The van der Waals surface area contributed by atoms with E-state index in [9.17, 15) is 13.2 Å². The molecule has 1 atom stereocenters. The zero-order valence-corrected chi connectivity index (χ0v) is 20.5. The van der Waals surface area contributed by atoms with Crippen molar-refractivity contribution >= 4 is 21.8 Å². The van der Waals surface area contributed by atoms with E-state index in [1.165, 1.54) is 27.5 Å². The van der Waals surface area contributed by atoms with E-state index in [0.29, 0.717) is 6.54 Å². The lowest BCUT2D eigenvalue weighted by Crippen LogP contribution is -2.46. The van der Waals surface area contributed by atoms with Gasteiger partial charge in [-0.3, -0.25) is 14.2 Å². The van der Waals surface area contributed by atoms with E-state index >= 15 is 0 Å². The highest BCUT2D eigenvalue weighted by molar-refractivity contribution is 5.85. The first-order chi connectivity index (χ1) is 17.3. The number of hydrogen-bond donors (Lipinski definition) is 3. The van der Waals surface area contributed by atoms with Crippen molar-refractivity contribution in [2.75, 3.05) is 32.9 Å². The summed E-state index contributed by atoms with van der Waals surface area (Å²) in [7, 11) is 0. The Labute approximate surface area is 208 Å². The summed E-state index contributed by atoms with van der Waals surface area (Å²) in [5.41, 5.74) is 5.70. The number of aromatic amines is 2. The maximum atomic E-state index is 13.4. The predicted molar refractivity (Wildman–Crippen MR) is 137 cm³/mol. The van der Waals surface area contributed by atoms with Gasteiger partial charge in [0.05, 0.1) is 13.2 Å². The number of hydrogen-bond acceptors (Lipinski definition) is 3. The number of benzene rings is 2. The number of halogens is 3. The normalized spacial score (nSPS) is 19.2. The van der Waals surface area contributed by atoms with Crippen LogP contribution < -0.4 is 0 Å². The van der Waals surface area contributed by atoms with E-state index < -0.39 is 19.1 Å². The summed E-state index contributed by atoms with van der Waals surface area (Å²) in [4.78, 5) is 10.7. The van der Waals surface area contributed by atoms with Crippen LogP contribution in [0.5, 0.6) is 0 Å². The number of rotatable bonds is 6. The van der Waals surface area contributed by atoms with Crippen LogP contribution in [0.1, 0.15) is 23.9 Å². The number of likely N-dealkylation sites (tertiary alicyclic amines) is 1. The molecule has 192 valence electrons. The topological polar surface area (TPSA) is 58.3 Å². The molecule has 0 saturated carbocycles. The number of aliphatic hydroxyl groups excluding tert-OH is 1. The minimum Gasteiger partial charge on any atom is -0.390 e. The van der Waals surface area contributed by atoms with E-state index in [1.54, 1.807) is 4.90 Å². The smallest absolute Gasteiger partial charge is 0.283 e. The minimum atomic E-state index is -3.04. The first-order valence-corrected chi connectivity index (χ1v) is 12.5. The van der Waals surface area contributed by atoms with Crippen molar-refractivity contribution in [2.24, 2.45) is 5.92 Å². The number of H-pyrrole nitrogens is 2. The number of para-hydroxylation sites is 2. The Bertz CT molecular complexity index is 1280. The molecule has 4 aromatic rings. The second-order valence-electron chi connectivity index (χ2n) is 10.2. The molecule has 4 heterocycles. The molecule has 0 aliphatic carbocycles. The van der Waals surface area contributed by atoms with Gasteiger partial charge < -0.3 is 15.1 Å². The minimum absolute atomic E-state index is 0.0409. The van der Waals surface area contributed by atoms with Crippen LogP contribution in [0, 0.1) is 5.92 Å². The summed E-state index contributed by atoms with van der Waals surface area (Å²) in [6.07, 6.45) is 0.751. The molecule has 36 heavy (non-hydrogen) atoms. The zero-order valence-electron chi connectivity index (χ0n) is 20.5. The molecule has 0 bridgehead atoms. The Morgan fingerprint density at radius 3 is 2.47 bits per heavy atom. The molecule has 6 rings (SSSR count). The average molecular weight is 499 g/mol. The molecule has 1 saturated heterocycles. The lowest BCUT2D eigenvalue weighted by Gasteiger charge is -2.37. The van der Waals surface area contributed by atoms with Crippen molar-refractivity contribution in [3.63, 3.8) is 0 Å². The second kappa shape index (κ2) is 10.3. The highest BCUT2D eigenvalue weighted by Crippen LogP contribution is 2.31. The summed E-state index contributed by atoms with van der Waals surface area (Å²) in [6.45, 7) is 3.44. The molecule has 2 aromatic carbocycles. The van der Waals surface area contributed by atoms with Gasteiger partial charge in [-0.15, -0.1) is 0 Å². The highest BCUT2D eigenvalue weighted by Gasteiger charge is 2.35. The van der Waals surface area contributed by atoms with Gasteiger partial charge in [-0.05, 0) is 42.5 Å². The summed E-state index contributed by atoms with van der Waals surface area (Å²) in [5.74, 6) is -2.78. The van der Waals surface area contributed by atoms with E-state index in [0.717, 1.165) is 37.3 Å². The van der Waals surface area contributed by atoms with Gasteiger partial charge in [-0.25, -0.2) is 8.78 Å². The molecule has 2 aliphatic rings. The quantitative estimate of drug-likeness (QED) is 0.346. The number of aliphatic hydroxyl groups is 1. The number of alkyl halides is 3. The van der Waals surface area contributed by atoms with Crippen LogP contribution in [0.2, 0.25) is 0 Å². The zero-order chi connectivity index (χ0) is 25.3. The number of nitrogens with one attached hydrogen (secondary N) is 2. The van der Waals surface area contributed by atoms with Crippen LogP contribution >= 0.6 is 0 Å². The molecule has 1 fully saturated rings. The Hall–Kier alpha value is -2.81. The van der Waals surface area contributed by atoms with E-state index in [1.807, 2.05) is 37.3 Å². The Morgan fingerprint density at radius 1 is 1.03 bits per heavy atom. The lowest BCUT2D eigenvalue weighted by atomic mass is 9.97.